The Hall–Kier alpha value is -2.61. The summed E-state index contributed by atoms with van der Waals surface area (Å²) in [4.78, 5) is 36.7. The van der Waals surface area contributed by atoms with Gasteiger partial charge in [-0.25, -0.2) is 9.59 Å². The Morgan fingerprint density at radius 3 is 2.54 bits per heavy atom. The van der Waals surface area contributed by atoms with Crippen LogP contribution in [0.25, 0.3) is 0 Å². The van der Waals surface area contributed by atoms with Gasteiger partial charge in [0.15, 0.2) is 0 Å². The molecule has 1 fully saturated rings. The highest BCUT2D eigenvalue weighted by molar-refractivity contribution is 5.87. The Bertz CT molecular complexity index is 646. The summed E-state index contributed by atoms with van der Waals surface area (Å²) >= 11 is 0. The van der Waals surface area contributed by atoms with E-state index in [0.29, 0.717) is 19.6 Å². The Kier molecular flexibility index (Phi) is 6.97. The number of ether oxygens (including phenoxy) is 2. The average molecular weight is 364 g/mol. The Balaban J connectivity index is 1.94. The molecule has 1 aromatic carbocycles. The molecule has 0 aliphatic carbocycles. The maximum atomic E-state index is 12.5. The quantitative estimate of drug-likeness (QED) is 0.713. The van der Waals surface area contributed by atoms with Crippen LogP contribution in [0.3, 0.4) is 0 Å². The molecule has 1 saturated heterocycles. The molecule has 142 valence electrons. The molecule has 26 heavy (non-hydrogen) atoms. The summed E-state index contributed by atoms with van der Waals surface area (Å²) in [6, 6.07) is 5.73. The molecule has 2 atom stereocenters. The fourth-order valence-corrected chi connectivity index (χ4v) is 2.94. The van der Waals surface area contributed by atoms with E-state index in [-0.39, 0.29) is 42.7 Å². The van der Waals surface area contributed by atoms with E-state index in [9.17, 15) is 14.4 Å². The van der Waals surface area contributed by atoms with E-state index in [1.165, 1.54) is 12.1 Å². The Morgan fingerprint density at radius 1 is 1.27 bits per heavy atom. The molecule has 0 aromatic heterocycles. The molecule has 8 heteroatoms. The molecule has 0 bridgehead atoms. The number of hydrogen-bond acceptors (Lipinski definition) is 5. The van der Waals surface area contributed by atoms with Gasteiger partial charge in [0.25, 0.3) is 0 Å². The molecule has 2 amide bonds. The lowest BCUT2D eigenvalue weighted by atomic mass is 10.1. The van der Waals surface area contributed by atoms with E-state index in [2.05, 4.69) is 5.32 Å². The first kappa shape index (κ1) is 19.7. The first-order chi connectivity index (χ1) is 12.4. The van der Waals surface area contributed by atoms with Gasteiger partial charge >= 0.3 is 18.0 Å². The van der Waals surface area contributed by atoms with Crippen molar-refractivity contribution < 1.29 is 29.0 Å². The van der Waals surface area contributed by atoms with Crippen molar-refractivity contribution in [2.45, 2.75) is 38.5 Å². The van der Waals surface area contributed by atoms with Crippen LogP contribution >= 0.6 is 0 Å². The molecule has 1 aliphatic heterocycles. The summed E-state index contributed by atoms with van der Waals surface area (Å²) in [6.07, 6.45) is 0.597. The van der Waals surface area contributed by atoms with E-state index in [1.54, 1.807) is 31.1 Å². The Morgan fingerprint density at radius 2 is 1.96 bits per heavy atom. The molecule has 2 N–H and O–H groups in total. The van der Waals surface area contributed by atoms with Crippen molar-refractivity contribution in [3.05, 3.63) is 35.4 Å². The van der Waals surface area contributed by atoms with Crippen molar-refractivity contribution >= 4 is 18.0 Å². The summed E-state index contributed by atoms with van der Waals surface area (Å²) in [5, 5.41) is 11.7. The number of aromatic carboxylic acids is 1. The van der Waals surface area contributed by atoms with Crippen LogP contribution in [-0.4, -0.2) is 60.4 Å². The van der Waals surface area contributed by atoms with E-state index >= 15 is 0 Å². The zero-order chi connectivity index (χ0) is 19.1. The molecule has 1 aromatic rings. The van der Waals surface area contributed by atoms with Crippen LogP contribution in [0.2, 0.25) is 0 Å². The molecule has 8 nitrogen and oxygen atoms in total. The van der Waals surface area contributed by atoms with Gasteiger partial charge in [-0.05, 0) is 31.0 Å². The number of carboxylic acids is 1. The lowest BCUT2D eigenvalue weighted by molar-refractivity contribution is -0.144. The van der Waals surface area contributed by atoms with Gasteiger partial charge < -0.3 is 24.8 Å². The summed E-state index contributed by atoms with van der Waals surface area (Å²) in [7, 11) is 1.58. The van der Waals surface area contributed by atoms with E-state index in [4.69, 9.17) is 14.6 Å². The monoisotopic (exact) mass is 364 g/mol. The van der Waals surface area contributed by atoms with Gasteiger partial charge in [0.05, 0.1) is 24.7 Å². The highest BCUT2D eigenvalue weighted by atomic mass is 16.5. The highest BCUT2D eigenvalue weighted by Gasteiger charge is 2.36. The SMILES string of the molecule is CCOC(=O)CC1CC(OC)CN1C(=O)NCc1ccc(C(=O)O)cc1. The van der Waals surface area contributed by atoms with Crippen LogP contribution in [0.5, 0.6) is 0 Å². The van der Waals surface area contributed by atoms with E-state index in [1.807, 2.05) is 0 Å². The number of hydrogen-bond donors (Lipinski definition) is 2. The van der Waals surface area contributed by atoms with Gasteiger partial charge in [0.1, 0.15) is 0 Å². The number of benzene rings is 1. The number of rotatable bonds is 7. The third-order valence-corrected chi connectivity index (χ3v) is 4.32. The van der Waals surface area contributed by atoms with Gasteiger partial charge in [-0.3, -0.25) is 4.79 Å². The molecular formula is C18H24N2O6. The Labute approximate surface area is 152 Å². The largest absolute Gasteiger partial charge is 0.478 e. The lowest BCUT2D eigenvalue weighted by Gasteiger charge is -2.24. The lowest BCUT2D eigenvalue weighted by Crippen LogP contribution is -2.43. The van der Waals surface area contributed by atoms with Crippen LogP contribution in [0.15, 0.2) is 24.3 Å². The number of urea groups is 1. The minimum Gasteiger partial charge on any atom is -0.478 e. The standard InChI is InChI=1S/C18H24N2O6/c1-3-26-16(21)9-14-8-15(25-2)11-20(14)18(24)19-10-12-4-6-13(7-5-12)17(22)23/h4-7,14-15H,3,8-11H2,1-2H3,(H,19,24)(H,22,23). The molecule has 1 aliphatic rings. The number of carbonyl (C=O) groups excluding carboxylic acids is 2. The number of methoxy groups -OCH3 is 1. The molecule has 2 rings (SSSR count). The van der Waals surface area contributed by atoms with Crippen LogP contribution in [0, 0.1) is 0 Å². The van der Waals surface area contributed by atoms with Gasteiger partial charge in [-0.2, -0.15) is 0 Å². The van der Waals surface area contributed by atoms with Crippen LogP contribution in [0.4, 0.5) is 4.79 Å². The number of nitrogens with one attached hydrogen (secondary N) is 1. The van der Waals surface area contributed by atoms with Crippen molar-refractivity contribution in [2.24, 2.45) is 0 Å². The van der Waals surface area contributed by atoms with Crippen molar-refractivity contribution in [3.63, 3.8) is 0 Å². The fraction of sp³-hybridized carbons (Fsp3) is 0.500. The van der Waals surface area contributed by atoms with Crippen molar-refractivity contribution in [1.29, 1.82) is 0 Å². The second-order valence-corrected chi connectivity index (χ2v) is 6.07. The molecule has 0 radical (unpaired) electrons. The summed E-state index contributed by atoms with van der Waals surface area (Å²) < 4.78 is 10.3. The molecule has 0 spiro atoms. The van der Waals surface area contributed by atoms with E-state index in [0.717, 1.165) is 5.56 Å². The topological polar surface area (TPSA) is 105 Å². The molecule has 1 heterocycles. The van der Waals surface area contributed by atoms with Crippen molar-refractivity contribution in [3.8, 4) is 0 Å². The number of likely N-dealkylation sites (tertiary alicyclic amines) is 1. The van der Waals surface area contributed by atoms with Gasteiger partial charge in [0, 0.05) is 26.2 Å². The van der Waals surface area contributed by atoms with Crippen molar-refractivity contribution in [2.75, 3.05) is 20.3 Å². The number of nitrogens with zero attached hydrogens (tertiary/aromatic N) is 1. The van der Waals surface area contributed by atoms with Gasteiger partial charge in [-0.1, -0.05) is 12.1 Å². The molecule has 2 unspecified atom stereocenters. The minimum absolute atomic E-state index is 0.116. The third kappa shape index (κ3) is 5.19. The third-order valence-electron chi connectivity index (χ3n) is 4.32. The van der Waals surface area contributed by atoms with Crippen LogP contribution < -0.4 is 5.32 Å². The second kappa shape index (κ2) is 9.19. The first-order valence-electron chi connectivity index (χ1n) is 8.49. The van der Waals surface area contributed by atoms with E-state index < -0.39 is 5.97 Å². The number of esters is 1. The second-order valence-electron chi connectivity index (χ2n) is 6.07. The summed E-state index contributed by atoms with van der Waals surface area (Å²) in [5.74, 6) is -1.33. The predicted molar refractivity (Wildman–Crippen MR) is 92.8 cm³/mol. The summed E-state index contributed by atoms with van der Waals surface area (Å²) in [6.45, 7) is 2.71. The average Bonchev–Trinajstić information content (AvgIpc) is 3.03. The summed E-state index contributed by atoms with van der Waals surface area (Å²) in [5.41, 5.74) is 0.977. The molecule has 0 saturated carbocycles. The van der Waals surface area contributed by atoms with Crippen LogP contribution in [0.1, 0.15) is 35.7 Å². The van der Waals surface area contributed by atoms with Gasteiger partial charge in [-0.15, -0.1) is 0 Å². The zero-order valence-electron chi connectivity index (χ0n) is 14.9. The predicted octanol–water partition coefficient (Wildman–Crippen LogP) is 1.64. The highest BCUT2D eigenvalue weighted by Crippen LogP contribution is 2.23. The minimum atomic E-state index is -0.995. The maximum Gasteiger partial charge on any atom is 0.335 e. The van der Waals surface area contributed by atoms with Gasteiger partial charge in [0.2, 0.25) is 0 Å². The molecular weight excluding hydrogens is 340 g/mol. The van der Waals surface area contributed by atoms with Crippen molar-refractivity contribution in [1.82, 2.24) is 10.2 Å². The maximum absolute atomic E-state index is 12.5. The normalized spacial score (nSPS) is 19.2. The number of carbonyl (C=O) groups is 3. The first-order valence-corrected chi connectivity index (χ1v) is 8.49. The number of carboxylic acid groups (broad SMARTS) is 1. The zero-order valence-corrected chi connectivity index (χ0v) is 14.9. The van der Waals surface area contributed by atoms with Crippen LogP contribution in [-0.2, 0) is 20.8 Å². The smallest absolute Gasteiger partial charge is 0.335 e. The fourth-order valence-electron chi connectivity index (χ4n) is 2.94. The number of amides is 2.